The third-order valence-electron chi connectivity index (χ3n) is 9.73. The van der Waals surface area contributed by atoms with Crippen molar-refractivity contribution in [2.24, 2.45) is 0 Å². The average Bonchev–Trinajstić information content (AvgIpc) is 3.19. The highest BCUT2D eigenvalue weighted by atomic mass is 15.1. The molecule has 8 rings (SSSR count). The van der Waals surface area contributed by atoms with Gasteiger partial charge < -0.3 is 9.80 Å². The minimum atomic E-state index is 0.732. The quantitative estimate of drug-likeness (QED) is 0.114. The summed E-state index contributed by atoms with van der Waals surface area (Å²) in [6.07, 6.45) is 5.97. The lowest BCUT2D eigenvalue weighted by molar-refractivity contribution is 0.978. The first-order valence-corrected chi connectivity index (χ1v) is 17.1. The van der Waals surface area contributed by atoms with Crippen LogP contribution in [0.25, 0.3) is 49.5 Å². The van der Waals surface area contributed by atoms with Crippen LogP contribution in [0.3, 0.4) is 0 Å². The summed E-state index contributed by atoms with van der Waals surface area (Å²) < 4.78 is 0. The lowest BCUT2D eigenvalue weighted by atomic mass is 9.99. The first-order valence-electron chi connectivity index (χ1n) is 17.1. The van der Waals surface area contributed by atoms with E-state index in [0.29, 0.717) is 0 Å². The summed E-state index contributed by atoms with van der Waals surface area (Å²) in [4.78, 5) is 4.73. The van der Waals surface area contributed by atoms with E-state index in [9.17, 15) is 0 Å². The Morgan fingerprint density at radius 3 is 1.82 bits per heavy atom. The van der Waals surface area contributed by atoms with Gasteiger partial charge >= 0.3 is 0 Å². The monoisotopic (exact) mass is 642 g/mol. The highest BCUT2D eigenvalue weighted by molar-refractivity contribution is 6.13. The average molecular weight is 643 g/mol. The molecule has 0 aromatic heterocycles. The molecule has 0 atom stereocenters. The van der Waals surface area contributed by atoms with Crippen LogP contribution in [-0.4, -0.2) is 7.05 Å². The van der Waals surface area contributed by atoms with E-state index in [1.165, 1.54) is 65.9 Å². The van der Waals surface area contributed by atoms with E-state index >= 15 is 0 Å². The molecule has 0 heterocycles. The highest BCUT2D eigenvalue weighted by Gasteiger charge is 2.16. The molecule has 0 bridgehead atoms. The van der Waals surface area contributed by atoms with Crippen LogP contribution in [0.1, 0.15) is 11.1 Å². The third-order valence-corrected chi connectivity index (χ3v) is 9.73. The maximum atomic E-state index is 3.88. The Hall–Kier alpha value is -6.38. The molecule has 0 aliphatic rings. The minimum Gasteiger partial charge on any atom is -0.344 e. The van der Waals surface area contributed by atoms with Gasteiger partial charge in [-0.2, -0.15) is 0 Å². The summed E-state index contributed by atoms with van der Waals surface area (Å²) in [6, 6.07) is 61.3. The van der Waals surface area contributed by atoms with Crippen molar-refractivity contribution in [1.29, 1.82) is 0 Å². The number of hydrogen-bond donors (Lipinski definition) is 0. The van der Waals surface area contributed by atoms with Crippen LogP contribution < -0.4 is 9.80 Å². The first-order chi connectivity index (χ1) is 24.7. The zero-order valence-electron chi connectivity index (χ0n) is 28.2. The van der Waals surface area contributed by atoms with E-state index in [2.05, 4.69) is 199 Å². The number of nitrogens with zero attached hydrogens (tertiary/aromatic N) is 2. The topological polar surface area (TPSA) is 6.48 Å². The van der Waals surface area contributed by atoms with Crippen LogP contribution in [0.15, 0.2) is 189 Å². The Kier molecular flexibility index (Phi) is 8.42. The molecule has 50 heavy (non-hydrogen) atoms. The lowest BCUT2D eigenvalue weighted by Gasteiger charge is -2.28. The van der Waals surface area contributed by atoms with Gasteiger partial charge in [-0.05, 0) is 80.2 Å². The van der Waals surface area contributed by atoms with E-state index in [-0.39, 0.29) is 0 Å². The third kappa shape index (κ3) is 5.93. The zero-order valence-corrected chi connectivity index (χ0v) is 28.2. The van der Waals surface area contributed by atoms with E-state index in [0.717, 1.165) is 17.9 Å². The number of fused-ring (bicyclic) bond motifs is 4. The predicted octanol–water partition coefficient (Wildman–Crippen LogP) is 13.1. The number of allylic oxidation sites excluding steroid dienone is 2. The lowest BCUT2D eigenvalue weighted by Crippen LogP contribution is -2.17. The number of hydrogen-bond acceptors (Lipinski definition) is 2. The second-order valence-electron chi connectivity index (χ2n) is 12.7. The predicted molar refractivity (Wildman–Crippen MR) is 217 cm³/mol. The fraction of sp³-hybridized carbons (Fsp3) is 0.0417. The van der Waals surface area contributed by atoms with Crippen molar-refractivity contribution < 1.29 is 0 Å². The molecule has 240 valence electrons. The Labute approximate surface area is 294 Å². The summed E-state index contributed by atoms with van der Waals surface area (Å²) >= 11 is 0. The second-order valence-corrected chi connectivity index (χ2v) is 12.7. The van der Waals surface area contributed by atoms with Gasteiger partial charge in [0.15, 0.2) is 0 Å². The molecule has 0 spiro atoms. The molecule has 0 fully saturated rings. The maximum absolute atomic E-state index is 3.88. The van der Waals surface area contributed by atoms with Crippen molar-refractivity contribution in [2.75, 3.05) is 16.8 Å². The van der Waals surface area contributed by atoms with Gasteiger partial charge in [-0.25, -0.2) is 0 Å². The molecular formula is C48H38N2. The summed E-state index contributed by atoms with van der Waals surface area (Å²) in [7, 11) is 2.16. The molecule has 0 unspecified atom stereocenters. The van der Waals surface area contributed by atoms with Crippen LogP contribution in [0.5, 0.6) is 0 Å². The van der Waals surface area contributed by atoms with E-state index in [1.54, 1.807) is 0 Å². The van der Waals surface area contributed by atoms with Gasteiger partial charge in [-0.3, -0.25) is 0 Å². The zero-order chi connectivity index (χ0) is 33.9. The van der Waals surface area contributed by atoms with E-state index < -0.39 is 0 Å². The summed E-state index contributed by atoms with van der Waals surface area (Å²) in [5.41, 5.74) is 9.50. The van der Waals surface area contributed by atoms with Gasteiger partial charge in [0.05, 0.1) is 0 Å². The van der Waals surface area contributed by atoms with Crippen LogP contribution in [0, 0.1) is 0 Å². The second kappa shape index (κ2) is 13.6. The van der Waals surface area contributed by atoms with Gasteiger partial charge in [0, 0.05) is 47.1 Å². The van der Waals surface area contributed by atoms with Crippen LogP contribution in [0.4, 0.5) is 22.7 Å². The molecule has 0 aliphatic carbocycles. The van der Waals surface area contributed by atoms with Crippen molar-refractivity contribution >= 4 is 61.1 Å². The van der Waals surface area contributed by atoms with Crippen molar-refractivity contribution in [2.45, 2.75) is 6.54 Å². The van der Waals surface area contributed by atoms with Crippen molar-refractivity contribution in [3.63, 3.8) is 0 Å². The molecule has 0 saturated carbocycles. The Bertz CT molecular complexity index is 2480. The van der Waals surface area contributed by atoms with Crippen molar-refractivity contribution in [3.8, 4) is 11.1 Å². The molecule has 0 radical (unpaired) electrons. The normalized spacial score (nSPS) is 11.4. The fourth-order valence-electron chi connectivity index (χ4n) is 7.10. The number of rotatable bonds is 9. The minimum absolute atomic E-state index is 0.732. The molecule has 2 heteroatoms. The number of anilines is 4. The van der Waals surface area contributed by atoms with Gasteiger partial charge in [0.1, 0.15) is 0 Å². The Balaban J connectivity index is 1.12. The van der Waals surface area contributed by atoms with Crippen LogP contribution >= 0.6 is 0 Å². The van der Waals surface area contributed by atoms with Gasteiger partial charge in [-0.15, -0.1) is 0 Å². The van der Waals surface area contributed by atoms with Crippen LogP contribution in [-0.2, 0) is 6.54 Å². The van der Waals surface area contributed by atoms with E-state index in [4.69, 9.17) is 0 Å². The summed E-state index contributed by atoms with van der Waals surface area (Å²) in [6.45, 7) is 4.61. The molecule has 8 aromatic rings. The van der Waals surface area contributed by atoms with E-state index in [1.807, 2.05) is 12.2 Å². The molecule has 8 aromatic carbocycles. The van der Waals surface area contributed by atoms with Crippen molar-refractivity contribution in [1.82, 2.24) is 0 Å². The first kappa shape index (κ1) is 30.9. The molecule has 0 aliphatic heterocycles. The molecule has 0 saturated heterocycles. The number of benzene rings is 8. The molecule has 0 amide bonds. The molecule has 2 nitrogen and oxygen atoms in total. The highest BCUT2D eigenvalue weighted by Crippen LogP contribution is 2.38. The molecular weight excluding hydrogens is 605 g/mol. The summed E-state index contributed by atoms with van der Waals surface area (Å²) in [5.74, 6) is 0. The largest absolute Gasteiger partial charge is 0.344 e. The van der Waals surface area contributed by atoms with Crippen LogP contribution in [0.2, 0.25) is 0 Å². The standard InChI is InChI=1S/C48H38N2/c1-3-4-14-35-15-5-6-18-40(35)34-50(47-24-13-19-38-16-7-10-21-44(38)47)42-31-27-37(28-32-42)36-25-29-41(30-26-36)49(2)48-33-39-17-8-9-20-43(39)45-22-11-12-23-46(45)48/h3-33H,1,34H2,2H3/b14-4-. The summed E-state index contributed by atoms with van der Waals surface area (Å²) in [5, 5.41) is 7.53. The smallest absolute Gasteiger partial charge is 0.0494 e. The Morgan fingerprint density at radius 2 is 1.08 bits per heavy atom. The van der Waals surface area contributed by atoms with Gasteiger partial charge in [-0.1, -0.05) is 158 Å². The van der Waals surface area contributed by atoms with Crippen molar-refractivity contribution in [3.05, 3.63) is 200 Å². The SMILES string of the molecule is C=C/C=C\c1ccccc1CN(c1ccc(-c2ccc(N(C)c3cc4ccccc4c4ccccc34)cc2)cc1)c1cccc2ccccc12. The van der Waals surface area contributed by atoms with Gasteiger partial charge in [0.2, 0.25) is 0 Å². The fourth-order valence-corrected chi connectivity index (χ4v) is 7.10. The maximum Gasteiger partial charge on any atom is 0.0494 e. The Morgan fingerprint density at radius 1 is 0.500 bits per heavy atom. The molecule has 0 N–H and O–H groups in total. The van der Waals surface area contributed by atoms with Gasteiger partial charge in [0.25, 0.3) is 0 Å².